The molecule has 0 aliphatic rings. The molecule has 2 nitrogen and oxygen atoms in total. The third-order valence-electron chi connectivity index (χ3n) is 3.34. The van der Waals surface area contributed by atoms with E-state index in [-0.39, 0.29) is 24.1 Å². The van der Waals surface area contributed by atoms with Crippen LogP contribution in [0.4, 0.5) is 8.78 Å². The van der Waals surface area contributed by atoms with Crippen molar-refractivity contribution < 1.29 is 13.5 Å². The van der Waals surface area contributed by atoms with Crippen molar-refractivity contribution in [3.8, 4) is 5.75 Å². The topological polar surface area (TPSA) is 35.2 Å². The van der Waals surface area contributed by atoms with Crippen LogP contribution in [0, 0.1) is 11.6 Å². The Kier molecular flexibility index (Phi) is 4.69. The maximum atomic E-state index is 13.8. The van der Waals surface area contributed by atoms with Gasteiger partial charge in [0.15, 0.2) is 0 Å². The van der Waals surface area contributed by atoms with Gasteiger partial charge in [-0.05, 0) is 48.4 Å². The minimum Gasteiger partial charge on any atom is -0.496 e. The molecule has 0 radical (unpaired) electrons. The molecule has 20 heavy (non-hydrogen) atoms. The van der Waals surface area contributed by atoms with E-state index < -0.39 is 0 Å². The summed E-state index contributed by atoms with van der Waals surface area (Å²) < 4.78 is 32.4. The molecule has 4 heteroatoms. The van der Waals surface area contributed by atoms with E-state index in [1.807, 2.05) is 0 Å². The predicted octanol–water partition coefficient (Wildman–Crippen LogP) is 3.26. The Hall–Kier alpha value is -1.94. The molecular formula is C16H17F2NO. The van der Waals surface area contributed by atoms with Crippen LogP contribution in [0.2, 0.25) is 0 Å². The first-order valence-corrected chi connectivity index (χ1v) is 6.42. The van der Waals surface area contributed by atoms with Crippen molar-refractivity contribution in [1.29, 1.82) is 0 Å². The predicted molar refractivity (Wildman–Crippen MR) is 74.9 cm³/mol. The lowest BCUT2D eigenvalue weighted by molar-refractivity contribution is 0.406. The highest BCUT2D eigenvalue weighted by atomic mass is 19.1. The number of hydrogen-bond acceptors (Lipinski definition) is 2. The number of rotatable bonds is 5. The number of hydrogen-bond donors (Lipinski definition) is 1. The van der Waals surface area contributed by atoms with Crippen molar-refractivity contribution in [2.75, 3.05) is 13.7 Å². The van der Waals surface area contributed by atoms with Crippen molar-refractivity contribution in [2.45, 2.75) is 12.3 Å². The number of benzene rings is 2. The summed E-state index contributed by atoms with van der Waals surface area (Å²) in [5, 5.41) is 0. The smallest absolute Gasteiger partial charge is 0.126 e. The average molecular weight is 277 g/mol. The number of methoxy groups -OCH3 is 1. The van der Waals surface area contributed by atoms with Crippen LogP contribution >= 0.6 is 0 Å². The standard InChI is InChI=1S/C16H17F2NO/c1-20-16-7-6-13(17)9-11(16)8-12(10-19)14-4-2-3-5-15(14)18/h2-7,9,12H,8,10,19H2,1H3. The van der Waals surface area contributed by atoms with Crippen LogP contribution in [0.25, 0.3) is 0 Å². The fourth-order valence-corrected chi connectivity index (χ4v) is 2.30. The van der Waals surface area contributed by atoms with E-state index in [0.29, 0.717) is 23.3 Å². The molecule has 1 atom stereocenters. The van der Waals surface area contributed by atoms with E-state index in [1.54, 1.807) is 24.3 Å². The minimum atomic E-state index is -0.342. The summed E-state index contributed by atoms with van der Waals surface area (Å²) in [6.45, 7) is 0.278. The molecule has 0 fully saturated rings. The van der Waals surface area contributed by atoms with Gasteiger partial charge >= 0.3 is 0 Å². The molecule has 106 valence electrons. The summed E-state index contributed by atoms with van der Waals surface area (Å²) in [5.74, 6) is -0.267. The maximum absolute atomic E-state index is 13.8. The van der Waals surface area contributed by atoms with Crippen molar-refractivity contribution in [3.63, 3.8) is 0 Å². The Morgan fingerprint density at radius 1 is 1.15 bits per heavy atom. The van der Waals surface area contributed by atoms with Gasteiger partial charge < -0.3 is 10.5 Å². The molecule has 0 bridgehead atoms. The second kappa shape index (κ2) is 6.48. The molecule has 1 unspecified atom stereocenters. The van der Waals surface area contributed by atoms with Gasteiger partial charge in [0.1, 0.15) is 17.4 Å². The fraction of sp³-hybridized carbons (Fsp3) is 0.250. The Morgan fingerprint density at radius 2 is 1.90 bits per heavy atom. The Labute approximate surface area is 117 Å². The second-order valence-electron chi connectivity index (χ2n) is 4.61. The quantitative estimate of drug-likeness (QED) is 0.910. The van der Waals surface area contributed by atoms with E-state index in [2.05, 4.69) is 0 Å². The third kappa shape index (κ3) is 3.14. The van der Waals surface area contributed by atoms with Gasteiger partial charge in [-0.2, -0.15) is 0 Å². The first-order chi connectivity index (χ1) is 9.65. The lowest BCUT2D eigenvalue weighted by atomic mass is 9.91. The zero-order valence-corrected chi connectivity index (χ0v) is 11.3. The molecule has 0 aliphatic heterocycles. The number of nitrogens with two attached hydrogens (primary N) is 1. The number of halogens is 2. The van der Waals surface area contributed by atoms with Gasteiger partial charge in [-0.1, -0.05) is 18.2 Å². The van der Waals surface area contributed by atoms with Crippen LogP contribution in [0.3, 0.4) is 0 Å². The van der Waals surface area contributed by atoms with E-state index in [1.165, 1.54) is 25.3 Å². The van der Waals surface area contributed by atoms with Gasteiger partial charge in [-0.15, -0.1) is 0 Å². The van der Waals surface area contributed by atoms with Gasteiger partial charge in [0.2, 0.25) is 0 Å². The van der Waals surface area contributed by atoms with E-state index >= 15 is 0 Å². The van der Waals surface area contributed by atoms with Crippen molar-refractivity contribution in [2.24, 2.45) is 5.73 Å². The monoisotopic (exact) mass is 277 g/mol. The highest BCUT2D eigenvalue weighted by Crippen LogP contribution is 2.28. The van der Waals surface area contributed by atoms with E-state index in [4.69, 9.17) is 10.5 Å². The minimum absolute atomic E-state index is 0.216. The first kappa shape index (κ1) is 14.5. The molecule has 0 saturated heterocycles. The Morgan fingerprint density at radius 3 is 2.55 bits per heavy atom. The van der Waals surface area contributed by atoms with Gasteiger partial charge in [-0.25, -0.2) is 8.78 Å². The van der Waals surface area contributed by atoms with E-state index in [9.17, 15) is 8.78 Å². The molecule has 2 N–H and O–H groups in total. The molecule has 0 spiro atoms. The number of ether oxygens (including phenoxy) is 1. The van der Waals surface area contributed by atoms with Crippen molar-refractivity contribution in [3.05, 3.63) is 65.2 Å². The second-order valence-corrected chi connectivity index (χ2v) is 4.61. The van der Waals surface area contributed by atoms with Gasteiger partial charge in [-0.3, -0.25) is 0 Å². The largest absolute Gasteiger partial charge is 0.496 e. The van der Waals surface area contributed by atoms with Crippen LogP contribution in [-0.2, 0) is 6.42 Å². The molecule has 0 heterocycles. The van der Waals surface area contributed by atoms with Crippen molar-refractivity contribution in [1.82, 2.24) is 0 Å². The lowest BCUT2D eigenvalue weighted by Gasteiger charge is -2.18. The molecule has 0 saturated carbocycles. The average Bonchev–Trinajstić information content (AvgIpc) is 2.46. The summed E-state index contributed by atoms with van der Waals surface area (Å²) in [4.78, 5) is 0. The highest BCUT2D eigenvalue weighted by molar-refractivity contribution is 5.36. The molecule has 0 aromatic heterocycles. The lowest BCUT2D eigenvalue weighted by Crippen LogP contribution is -2.16. The molecule has 0 aliphatic carbocycles. The summed E-state index contributed by atoms with van der Waals surface area (Å²) >= 11 is 0. The van der Waals surface area contributed by atoms with Crippen LogP contribution in [-0.4, -0.2) is 13.7 Å². The summed E-state index contributed by atoms with van der Waals surface area (Å²) in [6, 6.07) is 10.8. The summed E-state index contributed by atoms with van der Waals surface area (Å²) in [7, 11) is 1.53. The summed E-state index contributed by atoms with van der Waals surface area (Å²) in [5.41, 5.74) is 6.98. The van der Waals surface area contributed by atoms with Gasteiger partial charge in [0, 0.05) is 5.92 Å². The first-order valence-electron chi connectivity index (χ1n) is 6.42. The van der Waals surface area contributed by atoms with Gasteiger partial charge in [0.05, 0.1) is 7.11 Å². The zero-order valence-electron chi connectivity index (χ0n) is 11.3. The van der Waals surface area contributed by atoms with Crippen LogP contribution in [0.15, 0.2) is 42.5 Å². The maximum Gasteiger partial charge on any atom is 0.126 e. The normalized spacial score (nSPS) is 12.2. The Bertz CT molecular complexity index is 586. The molecule has 2 rings (SSSR count). The van der Waals surface area contributed by atoms with E-state index in [0.717, 1.165) is 0 Å². The van der Waals surface area contributed by atoms with Crippen LogP contribution in [0.5, 0.6) is 5.75 Å². The summed E-state index contributed by atoms with van der Waals surface area (Å²) in [6.07, 6.45) is 0.429. The van der Waals surface area contributed by atoms with Crippen LogP contribution in [0.1, 0.15) is 17.0 Å². The molecule has 2 aromatic carbocycles. The third-order valence-corrected chi connectivity index (χ3v) is 3.34. The van der Waals surface area contributed by atoms with Crippen LogP contribution < -0.4 is 10.5 Å². The SMILES string of the molecule is COc1ccc(F)cc1CC(CN)c1ccccc1F. The fourth-order valence-electron chi connectivity index (χ4n) is 2.30. The molecular weight excluding hydrogens is 260 g/mol. The zero-order chi connectivity index (χ0) is 14.5. The Balaban J connectivity index is 2.31. The molecule has 2 aromatic rings. The molecule has 0 amide bonds. The highest BCUT2D eigenvalue weighted by Gasteiger charge is 2.17. The van der Waals surface area contributed by atoms with Crippen molar-refractivity contribution >= 4 is 0 Å². The van der Waals surface area contributed by atoms with Gasteiger partial charge in [0.25, 0.3) is 0 Å².